The molecule has 3 heterocycles. The number of carboxylic acids is 1. The highest BCUT2D eigenvalue weighted by Gasteiger charge is 2.23. The van der Waals surface area contributed by atoms with Crippen molar-refractivity contribution in [1.29, 1.82) is 0 Å². The van der Waals surface area contributed by atoms with Gasteiger partial charge in [-0.3, -0.25) is 0 Å². The maximum atomic E-state index is 11.1. The summed E-state index contributed by atoms with van der Waals surface area (Å²) in [5.74, 6) is 0.717. The number of aryl methyl sites for hydroxylation is 1. The first-order valence-electron chi connectivity index (χ1n) is 7.29. The van der Waals surface area contributed by atoms with Crippen LogP contribution in [-0.4, -0.2) is 54.3 Å². The largest absolute Gasteiger partial charge is 0.497 e. The number of carboxylic acid groups (broad SMARTS) is 1. The number of aromatic carboxylic acids is 1. The second-order valence-corrected chi connectivity index (χ2v) is 6.42. The summed E-state index contributed by atoms with van der Waals surface area (Å²) in [6.07, 6.45) is 1.74. The fourth-order valence-electron chi connectivity index (χ4n) is 2.54. The molecule has 0 aliphatic carbocycles. The molecule has 1 fully saturated rings. The molecule has 7 nitrogen and oxygen atoms in total. The highest BCUT2D eigenvalue weighted by Crippen LogP contribution is 2.27. The van der Waals surface area contributed by atoms with E-state index in [9.17, 15) is 4.79 Å². The molecule has 0 amide bonds. The van der Waals surface area contributed by atoms with Crippen LogP contribution < -0.4 is 14.5 Å². The van der Waals surface area contributed by atoms with Crippen molar-refractivity contribution >= 4 is 28.3 Å². The molecule has 0 saturated carbocycles. The highest BCUT2D eigenvalue weighted by molar-refractivity contribution is 7.15. The number of nitrogens with zero attached hydrogens (tertiary/aromatic N) is 4. The van der Waals surface area contributed by atoms with Crippen LogP contribution in [0.25, 0.3) is 0 Å². The molecule has 0 spiro atoms. The summed E-state index contributed by atoms with van der Waals surface area (Å²) in [5, 5.41) is 9.89. The number of ether oxygens (including phenoxy) is 1. The van der Waals surface area contributed by atoms with Crippen molar-refractivity contribution in [2.75, 3.05) is 43.1 Å². The van der Waals surface area contributed by atoms with Crippen molar-refractivity contribution in [2.45, 2.75) is 6.92 Å². The van der Waals surface area contributed by atoms with Gasteiger partial charge in [0.05, 0.1) is 7.11 Å². The smallest absolute Gasteiger partial charge is 0.355 e. The third-order valence-electron chi connectivity index (χ3n) is 3.81. The van der Waals surface area contributed by atoms with Gasteiger partial charge < -0.3 is 19.6 Å². The van der Waals surface area contributed by atoms with E-state index < -0.39 is 5.97 Å². The molecule has 0 atom stereocenters. The van der Waals surface area contributed by atoms with Gasteiger partial charge in [0.1, 0.15) is 11.6 Å². The first-order chi connectivity index (χ1) is 11.1. The Morgan fingerprint density at radius 2 is 2.00 bits per heavy atom. The molecule has 8 heteroatoms. The number of carbonyl (C=O) groups is 1. The lowest BCUT2D eigenvalue weighted by molar-refractivity contribution is 0.0690. The molecule has 3 rings (SSSR count). The van der Waals surface area contributed by atoms with Crippen molar-refractivity contribution in [3.63, 3.8) is 0 Å². The summed E-state index contributed by atoms with van der Waals surface area (Å²) >= 11 is 1.43. The zero-order chi connectivity index (χ0) is 16.4. The molecule has 2 aromatic rings. The van der Waals surface area contributed by atoms with E-state index in [0.29, 0.717) is 0 Å². The second kappa shape index (κ2) is 6.41. The van der Waals surface area contributed by atoms with Crippen LogP contribution in [0.1, 0.15) is 15.4 Å². The number of anilines is 2. The molecule has 1 saturated heterocycles. The van der Waals surface area contributed by atoms with Gasteiger partial charge in [-0.05, 0) is 13.0 Å². The monoisotopic (exact) mass is 334 g/mol. The Morgan fingerprint density at radius 1 is 1.30 bits per heavy atom. The molecule has 1 N–H and O–H groups in total. The Morgan fingerprint density at radius 3 is 2.61 bits per heavy atom. The van der Waals surface area contributed by atoms with E-state index in [4.69, 9.17) is 9.84 Å². The average molecular weight is 334 g/mol. The van der Waals surface area contributed by atoms with Crippen LogP contribution in [-0.2, 0) is 0 Å². The van der Waals surface area contributed by atoms with E-state index in [2.05, 4.69) is 19.8 Å². The van der Waals surface area contributed by atoms with Gasteiger partial charge in [-0.1, -0.05) is 0 Å². The van der Waals surface area contributed by atoms with Crippen LogP contribution in [0.15, 0.2) is 18.3 Å². The molecule has 1 aliphatic rings. The van der Waals surface area contributed by atoms with E-state index in [1.165, 1.54) is 11.3 Å². The van der Waals surface area contributed by atoms with E-state index in [1.54, 1.807) is 20.2 Å². The third kappa shape index (κ3) is 3.21. The normalized spacial score (nSPS) is 14.9. The molecule has 23 heavy (non-hydrogen) atoms. The Balaban J connectivity index is 1.68. The Hall–Kier alpha value is -2.35. The molecular weight excluding hydrogens is 316 g/mol. The van der Waals surface area contributed by atoms with Gasteiger partial charge in [0.2, 0.25) is 0 Å². The van der Waals surface area contributed by atoms with Crippen molar-refractivity contribution in [3.8, 4) is 5.75 Å². The standard InChI is InChI=1S/C15H18N4O3S/c1-10-13(14(20)21)17-15(23-10)19-7-5-18(6-8-19)12-9-11(22-2)3-4-16-12/h3-4,9H,5-8H2,1-2H3,(H,20,21). The number of aromatic nitrogens is 2. The summed E-state index contributed by atoms with van der Waals surface area (Å²) in [6.45, 7) is 4.97. The summed E-state index contributed by atoms with van der Waals surface area (Å²) < 4.78 is 5.23. The van der Waals surface area contributed by atoms with Crippen molar-refractivity contribution in [2.24, 2.45) is 0 Å². The summed E-state index contributed by atoms with van der Waals surface area (Å²) in [5.41, 5.74) is 0.155. The minimum Gasteiger partial charge on any atom is -0.497 e. The van der Waals surface area contributed by atoms with Gasteiger partial charge in [0, 0.05) is 43.3 Å². The fourth-order valence-corrected chi connectivity index (χ4v) is 3.49. The molecule has 0 bridgehead atoms. The number of pyridine rings is 1. The number of methoxy groups -OCH3 is 1. The second-order valence-electron chi connectivity index (χ2n) is 5.23. The van der Waals surface area contributed by atoms with Crippen molar-refractivity contribution in [3.05, 3.63) is 28.9 Å². The van der Waals surface area contributed by atoms with Gasteiger partial charge >= 0.3 is 5.97 Å². The highest BCUT2D eigenvalue weighted by atomic mass is 32.1. The Labute approximate surface area is 138 Å². The van der Waals surface area contributed by atoms with E-state index in [-0.39, 0.29) is 5.69 Å². The van der Waals surface area contributed by atoms with Gasteiger partial charge in [-0.2, -0.15) is 0 Å². The van der Waals surface area contributed by atoms with Crippen LogP contribution >= 0.6 is 11.3 Å². The first kappa shape index (κ1) is 15.5. The van der Waals surface area contributed by atoms with Crippen LogP contribution in [0.2, 0.25) is 0 Å². The zero-order valence-corrected chi connectivity index (χ0v) is 13.8. The van der Waals surface area contributed by atoms with E-state index in [0.717, 1.165) is 47.8 Å². The molecule has 0 aromatic carbocycles. The zero-order valence-electron chi connectivity index (χ0n) is 13.0. The topological polar surface area (TPSA) is 78.8 Å². The van der Waals surface area contributed by atoms with Gasteiger partial charge in [-0.15, -0.1) is 11.3 Å². The molecule has 122 valence electrons. The number of rotatable bonds is 4. The SMILES string of the molecule is COc1ccnc(N2CCN(c3nc(C(=O)O)c(C)s3)CC2)c1. The third-order valence-corrected chi connectivity index (χ3v) is 4.85. The maximum absolute atomic E-state index is 11.1. The minimum absolute atomic E-state index is 0.155. The lowest BCUT2D eigenvalue weighted by Crippen LogP contribution is -2.46. The summed E-state index contributed by atoms with van der Waals surface area (Å²) in [6, 6.07) is 3.75. The number of hydrogen-bond acceptors (Lipinski definition) is 7. The van der Waals surface area contributed by atoms with E-state index >= 15 is 0 Å². The lowest BCUT2D eigenvalue weighted by Gasteiger charge is -2.35. The van der Waals surface area contributed by atoms with Crippen molar-refractivity contribution in [1.82, 2.24) is 9.97 Å². The lowest BCUT2D eigenvalue weighted by atomic mass is 10.3. The number of piperazine rings is 1. The van der Waals surface area contributed by atoms with Crippen LogP contribution in [0.3, 0.4) is 0 Å². The first-order valence-corrected chi connectivity index (χ1v) is 8.11. The predicted octanol–water partition coefficient (Wildman–Crippen LogP) is 1.88. The van der Waals surface area contributed by atoms with Gasteiger partial charge in [0.15, 0.2) is 10.8 Å². The van der Waals surface area contributed by atoms with Crippen LogP contribution in [0.5, 0.6) is 5.75 Å². The fraction of sp³-hybridized carbons (Fsp3) is 0.400. The van der Waals surface area contributed by atoms with Crippen LogP contribution in [0.4, 0.5) is 10.9 Å². The molecule has 0 radical (unpaired) electrons. The Kier molecular flexibility index (Phi) is 4.33. The maximum Gasteiger partial charge on any atom is 0.355 e. The van der Waals surface area contributed by atoms with E-state index in [1.807, 2.05) is 12.1 Å². The van der Waals surface area contributed by atoms with Gasteiger partial charge in [0.25, 0.3) is 0 Å². The van der Waals surface area contributed by atoms with Crippen LogP contribution in [0, 0.1) is 6.92 Å². The minimum atomic E-state index is -0.968. The number of hydrogen-bond donors (Lipinski definition) is 1. The Bertz CT molecular complexity index is 710. The predicted molar refractivity (Wildman–Crippen MR) is 89.0 cm³/mol. The molecule has 0 unspecified atom stereocenters. The molecular formula is C15H18N4O3S. The summed E-state index contributed by atoms with van der Waals surface area (Å²) in [7, 11) is 1.64. The van der Waals surface area contributed by atoms with Crippen molar-refractivity contribution < 1.29 is 14.6 Å². The molecule has 1 aliphatic heterocycles. The molecule has 2 aromatic heterocycles. The quantitative estimate of drug-likeness (QED) is 0.914. The summed E-state index contributed by atoms with van der Waals surface area (Å²) in [4.78, 5) is 24.8. The number of thiazole rings is 1. The van der Waals surface area contributed by atoms with Gasteiger partial charge in [-0.25, -0.2) is 14.8 Å². The average Bonchev–Trinajstić information content (AvgIpc) is 2.97.